The summed E-state index contributed by atoms with van der Waals surface area (Å²) in [5.74, 6) is 0.604. The lowest BCUT2D eigenvalue weighted by Crippen LogP contribution is -2.47. The molecule has 0 bridgehead atoms. The predicted octanol–water partition coefficient (Wildman–Crippen LogP) is 0.181. The largest absolute Gasteiger partial charge is 0.392 e. The summed E-state index contributed by atoms with van der Waals surface area (Å²) in [7, 11) is -1.87. The highest BCUT2D eigenvalue weighted by Gasteiger charge is 2.29. The molecule has 0 amide bonds. The summed E-state index contributed by atoms with van der Waals surface area (Å²) in [5, 5.41) is 0. The normalized spacial score (nSPS) is 20.2. The zero-order valence-corrected chi connectivity index (χ0v) is 11.4. The Morgan fingerprint density at radius 3 is 2.44 bits per heavy atom. The molecule has 5 nitrogen and oxygen atoms in total. The highest BCUT2D eigenvalue weighted by atomic mass is 32.2. The second-order valence-electron chi connectivity index (χ2n) is 4.31. The first-order chi connectivity index (χ1) is 7.34. The molecule has 16 heavy (non-hydrogen) atoms. The first-order valence-electron chi connectivity index (χ1n) is 5.33. The molecule has 0 aromatic heterocycles. The van der Waals surface area contributed by atoms with Gasteiger partial charge in [0.05, 0.1) is 11.5 Å². The van der Waals surface area contributed by atoms with Gasteiger partial charge in [0.1, 0.15) is 0 Å². The van der Waals surface area contributed by atoms with Crippen molar-refractivity contribution in [3.63, 3.8) is 0 Å². The highest BCUT2D eigenvalue weighted by Crippen LogP contribution is 2.19. The van der Waals surface area contributed by atoms with Crippen LogP contribution in [0.2, 0.25) is 0 Å². The van der Waals surface area contributed by atoms with E-state index < -0.39 is 10.2 Å². The third-order valence-electron chi connectivity index (χ3n) is 2.84. The lowest BCUT2D eigenvalue weighted by atomic mass is 10.0. The van der Waals surface area contributed by atoms with Crippen molar-refractivity contribution in [2.45, 2.75) is 19.8 Å². The number of hydrogen-bond donors (Lipinski definition) is 1. The molecule has 94 valence electrons. The smallest absolute Gasteiger partial charge is 0.282 e. The minimum absolute atomic E-state index is 0.101. The molecule has 1 fully saturated rings. The van der Waals surface area contributed by atoms with Gasteiger partial charge in [-0.1, -0.05) is 19.1 Å². The molecule has 0 atom stereocenters. The fraction of sp³-hybridized carbons (Fsp3) is 0.889. The SMILES string of the molecule is CC1CCN(S(=O)(=O)N(C)CC(N)=S)CC1. The van der Waals surface area contributed by atoms with Gasteiger partial charge >= 0.3 is 0 Å². The number of piperidine rings is 1. The minimum atomic E-state index is -3.38. The fourth-order valence-corrected chi connectivity index (χ4v) is 3.36. The van der Waals surface area contributed by atoms with Gasteiger partial charge in [-0.3, -0.25) is 0 Å². The van der Waals surface area contributed by atoms with Gasteiger partial charge in [0.15, 0.2) is 0 Å². The van der Waals surface area contributed by atoms with E-state index in [1.54, 1.807) is 0 Å². The van der Waals surface area contributed by atoms with E-state index in [9.17, 15) is 8.42 Å². The maximum atomic E-state index is 12.1. The van der Waals surface area contributed by atoms with Gasteiger partial charge in [0.2, 0.25) is 0 Å². The van der Waals surface area contributed by atoms with E-state index in [0.29, 0.717) is 19.0 Å². The van der Waals surface area contributed by atoms with Crippen LogP contribution in [-0.2, 0) is 10.2 Å². The van der Waals surface area contributed by atoms with Crippen LogP contribution < -0.4 is 5.73 Å². The number of rotatable bonds is 4. The van der Waals surface area contributed by atoms with Crippen molar-refractivity contribution in [2.24, 2.45) is 11.7 Å². The number of hydrogen-bond acceptors (Lipinski definition) is 3. The number of likely N-dealkylation sites (N-methyl/N-ethyl adjacent to an activating group) is 1. The van der Waals surface area contributed by atoms with E-state index in [1.807, 2.05) is 0 Å². The van der Waals surface area contributed by atoms with Gasteiger partial charge < -0.3 is 5.73 Å². The summed E-state index contributed by atoms with van der Waals surface area (Å²) >= 11 is 4.71. The van der Waals surface area contributed by atoms with Crippen LogP contribution in [0, 0.1) is 5.92 Å². The molecule has 1 saturated heterocycles. The summed E-state index contributed by atoms with van der Waals surface area (Å²) in [6, 6.07) is 0. The summed E-state index contributed by atoms with van der Waals surface area (Å²) in [5.41, 5.74) is 5.35. The molecular formula is C9H19N3O2S2. The summed E-state index contributed by atoms with van der Waals surface area (Å²) in [6.45, 7) is 3.42. The third kappa shape index (κ3) is 3.38. The van der Waals surface area contributed by atoms with E-state index in [2.05, 4.69) is 6.92 Å². The lowest BCUT2D eigenvalue weighted by molar-refractivity contribution is 0.273. The van der Waals surface area contributed by atoms with Crippen molar-refractivity contribution < 1.29 is 8.42 Å². The minimum Gasteiger partial charge on any atom is -0.392 e. The first kappa shape index (κ1) is 13.8. The molecule has 0 aromatic rings. The van der Waals surface area contributed by atoms with Crippen molar-refractivity contribution in [3.8, 4) is 0 Å². The standard InChI is InChI=1S/C9H19N3O2S2/c1-8-3-5-12(6-4-8)16(13,14)11(2)7-9(10)15/h8H,3-7H2,1-2H3,(H2,10,15). The highest BCUT2D eigenvalue weighted by molar-refractivity contribution is 7.86. The Balaban J connectivity index is 2.66. The van der Waals surface area contributed by atoms with Gasteiger partial charge in [0, 0.05) is 20.1 Å². The van der Waals surface area contributed by atoms with E-state index >= 15 is 0 Å². The third-order valence-corrected chi connectivity index (χ3v) is 4.90. The summed E-state index contributed by atoms with van der Waals surface area (Å²) < 4.78 is 26.8. The van der Waals surface area contributed by atoms with Gasteiger partial charge in [0.25, 0.3) is 10.2 Å². The molecule has 1 heterocycles. The van der Waals surface area contributed by atoms with Gasteiger partial charge in [-0.15, -0.1) is 0 Å². The average molecular weight is 265 g/mol. The molecule has 0 unspecified atom stereocenters. The Morgan fingerprint density at radius 2 is 2.00 bits per heavy atom. The second kappa shape index (κ2) is 5.39. The molecule has 2 N–H and O–H groups in total. The van der Waals surface area contributed by atoms with Crippen LogP contribution in [0.3, 0.4) is 0 Å². The Hall–Kier alpha value is -0.240. The quantitative estimate of drug-likeness (QED) is 0.737. The molecule has 1 aliphatic rings. The molecule has 7 heteroatoms. The maximum Gasteiger partial charge on any atom is 0.282 e. The van der Waals surface area contributed by atoms with Crippen LogP contribution in [0.25, 0.3) is 0 Å². The molecule has 0 saturated carbocycles. The van der Waals surface area contributed by atoms with Crippen LogP contribution in [0.15, 0.2) is 0 Å². The first-order valence-corrected chi connectivity index (χ1v) is 7.14. The fourth-order valence-electron chi connectivity index (χ4n) is 1.71. The average Bonchev–Trinajstić information content (AvgIpc) is 2.17. The monoisotopic (exact) mass is 265 g/mol. The molecule has 1 rings (SSSR count). The summed E-state index contributed by atoms with van der Waals surface area (Å²) in [6.07, 6.45) is 1.83. The zero-order valence-electron chi connectivity index (χ0n) is 9.72. The van der Waals surface area contributed by atoms with E-state index in [0.717, 1.165) is 12.8 Å². The Bertz CT molecular complexity index is 348. The number of nitrogens with two attached hydrogens (primary N) is 1. The maximum absolute atomic E-state index is 12.1. The van der Waals surface area contributed by atoms with E-state index in [-0.39, 0.29) is 11.5 Å². The topological polar surface area (TPSA) is 66.6 Å². The Morgan fingerprint density at radius 1 is 1.50 bits per heavy atom. The van der Waals surface area contributed by atoms with Gasteiger partial charge in [-0.05, 0) is 18.8 Å². The molecule has 0 radical (unpaired) electrons. The summed E-state index contributed by atoms with van der Waals surface area (Å²) in [4.78, 5) is 0.191. The molecule has 0 spiro atoms. The predicted molar refractivity (Wildman–Crippen MR) is 68.3 cm³/mol. The second-order valence-corrected chi connectivity index (χ2v) is 6.87. The molecule has 0 aliphatic carbocycles. The van der Waals surface area contributed by atoms with Crippen molar-refractivity contribution in [1.82, 2.24) is 8.61 Å². The van der Waals surface area contributed by atoms with Crippen molar-refractivity contribution >= 4 is 27.4 Å². The Kier molecular flexibility index (Phi) is 4.66. The Labute approximate surface area is 103 Å². The van der Waals surface area contributed by atoms with Gasteiger partial charge in [-0.25, -0.2) is 0 Å². The van der Waals surface area contributed by atoms with E-state index in [1.165, 1.54) is 15.7 Å². The zero-order chi connectivity index (χ0) is 12.3. The van der Waals surface area contributed by atoms with Crippen LogP contribution >= 0.6 is 12.2 Å². The molecule has 1 aliphatic heterocycles. The van der Waals surface area contributed by atoms with Gasteiger partial charge in [-0.2, -0.15) is 17.0 Å². The van der Waals surface area contributed by atoms with Crippen molar-refractivity contribution in [2.75, 3.05) is 26.7 Å². The van der Waals surface area contributed by atoms with E-state index in [4.69, 9.17) is 18.0 Å². The van der Waals surface area contributed by atoms with Crippen LogP contribution in [0.1, 0.15) is 19.8 Å². The van der Waals surface area contributed by atoms with Crippen LogP contribution in [0.4, 0.5) is 0 Å². The number of nitrogens with zero attached hydrogens (tertiary/aromatic N) is 2. The molecular weight excluding hydrogens is 246 g/mol. The van der Waals surface area contributed by atoms with Crippen molar-refractivity contribution in [1.29, 1.82) is 0 Å². The molecule has 0 aromatic carbocycles. The van der Waals surface area contributed by atoms with Crippen LogP contribution in [0.5, 0.6) is 0 Å². The number of thiocarbonyl (C=S) groups is 1. The lowest BCUT2D eigenvalue weighted by Gasteiger charge is -2.32. The van der Waals surface area contributed by atoms with Crippen LogP contribution in [-0.4, -0.2) is 48.7 Å². The van der Waals surface area contributed by atoms with Crippen molar-refractivity contribution in [3.05, 3.63) is 0 Å².